The number of nitrogens with one attached hydrogen (secondary N) is 3. The topological polar surface area (TPSA) is 145 Å². The molecular formula is C32H48F3N5O6S. The molecule has 2 rings (SSSR count). The number of piperidine rings is 1. The van der Waals surface area contributed by atoms with Gasteiger partial charge in [-0.2, -0.15) is 13.2 Å². The molecule has 3 N–H and O–H groups in total. The second kappa shape index (κ2) is 16.6. The van der Waals surface area contributed by atoms with E-state index in [-0.39, 0.29) is 47.0 Å². The van der Waals surface area contributed by atoms with Crippen LogP contribution in [0.2, 0.25) is 0 Å². The lowest BCUT2D eigenvalue weighted by Gasteiger charge is -2.39. The molecule has 4 amide bonds. The van der Waals surface area contributed by atoms with Gasteiger partial charge in [-0.1, -0.05) is 46.6 Å². The van der Waals surface area contributed by atoms with Gasteiger partial charge in [-0.05, 0) is 76.3 Å². The minimum absolute atomic E-state index is 0.0000999. The van der Waals surface area contributed by atoms with Crippen LogP contribution in [0.4, 0.5) is 18.9 Å². The van der Waals surface area contributed by atoms with Crippen LogP contribution in [-0.4, -0.2) is 85.8 Å². The van der Waals surface area contributed by atoms with Crippen molar-refractivity contribution in [2.75, 3.05) is 18.9 Å². The van der Waals surface area contributed by atoms with Gasteiger partial charge >= 0.3 is 12.1 Å². The number of likely N-dealkylation sites (tertiary alicyclic amines) is 1. The number of carbonyl (C=O) groups is 4. The Balaban J connectivity index is 2.23. The van der Waals surface area contributed by atoms with Crippen LogP contribution in [0.3, 0.4) is 0 Å². The highest BCUT2D eigenvalue weighted by Gasteiger charge is 2.39. The Hall–Kier alpha value is -3.46. The molecule has 1 aliphatic rings. The van der Waals surface area contributed by atoms with Crippen molar-refractivity contribution in [2.45, 2.75) is 109 Å². The van der Waals surface area contributed by atoms with E-state index in [0.717, 1.165) is 43.7 Å². The Bertz CT molecular complexity index is 1410. The zero-order chi connectivity index (χ0) is 35.9. The first-order valence-electron chi connectivity index (χ1n) is 15.8. The molecule has 1 aromatic rings. The lowest BCUT2D eigenvalue weighted by molar-refractivity contribution is -0.167. The molecule has 0 radical (unpaired) electrons. The third kappa shape index (κ3) is 10.8. The molecule has 0 bridgehead atoms. The Labute approximate surface area is 275 Å². The van der Waals surface area contributed by atoms with Gasteiger partial charge < -0.3 is 15.5 Å². The van der Waals surface area contributed by atoms with Crippen molar-refractivity contribution in [3.8, 4) is 0 Å². The first-order chi connectivity index (χ1) is 21.7. The van der Waals surface area contributed by atoms with E-state index in [9.17, 15) is 40.8 Å². The molecule has 0 aliphatic carbocycles. The predicted molar refractivity (Wildman–Crippen MR) is 172 cm³/mol. The zero-order valence-corrected chi connectivity index (χ0v) is 29.1. The molecule has 1 fully saturated rings. The van der Waals surface area contributed by atoms with Gasteiger partial charge in [0.15, 0.2) is 0 Å². The summed E-state index contributed by atoms with van der Waals surface area (Å²) in [6.07, 6.45) is -0.379. The summed E-state index contributed by atoms with van der Waals surface area (Å²) in [4.78, 5) is 54.7. The van der Waals surface area contributed by atoms with Crippen LogP contribution >= 0.6 is 0 Å². The quantitative estimate of drug-likeness (QED) is 0.264. The van der Waals surface area contributed by atoms with Crippen molar-refractivity contribution >= 4 is 39.3 Å². The molecule has 1 heterocycles. The van der Waals surface area contributed by atoms with Crippen LogP contribution in [0.1, 0.15) is 74.1 Å². The Morgan fingerprint density at radius 3 is 2.15 bits per heavy atom. The molecule has 1 aliphatic heterocycles. The number of likely N-dealkylation sites (N-methyl/N-ethyl adjacent to an activating group) is 1. The van der Waals surface area contributed by atoms with E-state index in [0.29, 0.717) is 12.8 Å². The summed E-state index contributed by atoms with van der Waals surface area (Å²) >= 11 is 0. The molecule has 0 aromatic heterocycles. The lowest BCUT2D eigenvalue weighted by Crippen LogP contribution is -2.59. The number of halogens is 3. The van der Waals surface area contributed by atoms with Crippen LogP contribution in [0, 0.1) is 11.8 Å². The van der Waals surface area contributed by atoms with Gasteiger partial charge in [-0.3, -0.25) is 24.1 Å². The highest BCUT2D eigenvalue weighted by atomic mass is 32.2. The van der Waals surface area contributed by atoms with Crippen LogP contribution in [0.25, 0.3) is 0 Å². The van der Waals surface area contributed by atoms with E-state index in [1.165, 1.54) is 17.9 Å². The van der Waals surface area contributed by atoms with Crippen molar-refractivity contribution in [1.82, 2.24) is 19.8 Å². The van der Waals surface area contributed by atoms with Gasteiger partial charge in [0.25, 0.3) is 15.9 Å². The maximum absolute atomic E-state index is 13.9. The van der Waals surface area contributed by atoms with E-state index in [4.69, 9.17) is 0 Å². The third-order valence-electron chi connectivity index (χ3n) is 8.45. The molecule has 0 spiro atoms. The van der Waals surface area contributed by atoms with Crippen molar-refractivity contribution in [3.05, 3.63) is 35.9 Å². The van der Waals surface area contributed by atoms with E-state index >= 15 is 0 Å². The summed E-state index contributed by atoms with van der Waals surface area (Å²) in [5.74, 6) is -4.11. The number of rotatable bonds is 13. The number of sulfonamides is 1. The zero-order valence-electron chi connectivity index (χ0n) is 28.3. The Morgan fingerprint density at radius 2 is 1.64 bits per heavy atom. The summed E-state index contributed by atoms with van der Waals surface area (Å²) in [5, 5.41) is 4.62. The number of amides is 4. The lowest BCUT2D eigenvalue weighted by atomic mass is 9.93. The molecule has 0 saturated carbocycles. The second-order valence-corrected chi connectivity index (χ2v) is 14.3. The second-order valence-electron chi connectivity index (χ2n) is 12.7. The Kier molecular flexibility index (Phi) is 14.0. The highest BCUT2D eigenvalue weighted by Crippen LogP contribution is 2.23. The number of nitrogens with zero attached hydrogens (tertiary/aromatic N) is 2. The first kappa shape index (κ1) is 39.7. The van der Waals surface area contributed by atoms with Crippen LogP contribution in [0.15, 0.2) is 40.8 Å². The largest absolute Gasteiger partial charge is 0.471 e. The van der Waals surface area contributed by atoms with E-state index in [1.54, 1.807) is 12.4 Å². The molecule has 15 heteroatoms. The van der Waals surface area contributed by atoms with E-state index in [2.05, 4.69) is 10.2 Å². The average molecular weight is 688 g/mol. The summed E-state index contributed by atoms with van der Waals surface area (Å²) < 4.78 is 65.2. The summed E-state index contributed by atoms with van der Waals surface area (Å²) in [6, 6.07) is 2.19. The Morgan fingerprint density at radius 1 is 1.04 bits per heavy atom. The van der Waals surface area contributed by atoms with E-state index < -0.39 is 45.0 Å². The van der Waals surface area contributed by atoms with Gasteiger partial charge in [0.1, 0.15) is 6.04 Å². The van der Waals surface area contributed by atoms with Crippen LogP contribution in [-0.2, 0) is 29.2 Å². The van der Waals surface area contributed by atoms with E-state index in [1.807, 2.05) is 46.3 Å². The number of alkyl halides is 3. The van der Waals surface area contributed by atoms with Gasteiger partial charge in [-0.15, -0.1) is 0 Å². The van der Waals surface area contributed by atoms with Gasteiger partial charge in [-0.25, -0.2) is 13.1 Å². The first-order valence-corrected chi connectivity index (χ1v) is 17.3. The maximum atomic E-state index is 13.9. The number of carbonyl (C=O) groups excluding carboxylic acids is 4. The van der Waals surface area contributed by atoms with Crippen molar-refractivity contribution in [1.29, 1.82) is 0 Å². The minimum atomic E-state index is -5.12. The smallest absolute Gasteiger partial charge is 0.343 e. The highest BCUT2D eigenvalue weighted by molar-refractivity contribution is 7.90. The minimum Gasteiger partial charge on any atom is -0.343 e. The van der Waals surface area contributed by atoms with Crippen LogP contribution in [0.5, 0.6) is 0 Å². The van der Waals surface area contributed by atoms with Crippen molar-refractivity contribution in [3.63, 3.8) is 0 Å². The number of hydrogen-bond donors (Lipinski definition) is 3. The number of anilines is 1. The number of hydrogen-bond acceptors (Lipinski definition) is 7. The molecule has 11 nitrogen and oxygen atoms in total. The monoisotopic (exact) mass is 687 g/mol. The normalized spacial score (nSPS) is 18.3. The maximum Gasteiger partial charge on any atom is 0.471 e. The van der Waals surface area contributed by atoms with Gasteiger partial charge in [0.05, 0.1) is 17.0 Å². The van der Waals surface area contributed by atoms with Crippen molar-refractivity contribution < 1.29 is 40.8 Å². The molecule has 4 atom stereocenters. The summed E-state index contributed by atoms with van der Waals surface area (Å²) in [6.45, 7) is 13.8. The van der Waals surface area contributed by atoms with Crippen LogP contribution < -0.4 is 15.4 Å². The average Bonchev–Trinajstić information content (AvgIpc) is 3.00. The SMILES string of the molecule is CC[C@H](C)[C@H](NC(=O)[C@H]1CCCCN1C(C)C)C(=O)N(C)[C@H](/C=C(\C)C(=O)NS(=O)(=O)c1ccc(NC(=O)C(F)(F)F)cc1)C(C)C. The fourth-order valence-corrected chi connectivity index (χ4v) is 6.43. The summed E-state index contributed by atoms with van der Waals surface area (Å²) in [5.41, 5.74) is -0.288. The molecule has 264 valence electrons. The molecule has 1 aromatic carbocycles. The van der Waals surface area contributed by atoms with Crippen molar-refractivity contribution in [2.24, 2.45) is 11.8 Å². The molecule has 47 heavy (non-hydrogen) atoms. The fraction of sp³-hybridized carbons (Fsp3) is 0.625. The third-order valence-corrected chi connectivity index (χ3v) is 9.80. The number of benzene rings is 1. The molecule has 0 unspecified atom stereocenters. The summed E-state index contributed by atoms with van der Waals surface area (Å²) in [7, 11) is -2.86. The van der Waals surface area contributed by atoms with Gasteiger partial charge in [0.2, 0.25) is 11.8 Å². The predicted octanol–water partition coefficient (Wildman–Crippen LogP) is 4.22. The fourth-order valence-electron chi connectivity index (χ4n) is 5.42. The standard InChI is InChI=1S/C32H48F3N5O6S/c1-9-21(6)27(37-29(42)25-12-10-11-17-40(25)20(4)5)30(43)39(8)26(19(2)3)18-22(7)28(41)38-47(45,46)24-15-13-23(14-16-24)36-31(44)32(33,34)35/h13-16,18-21,25-27H,9-12,17H2,1-8H3,(H,36,44)(H,37,42)(H,38,41)/b22-18+/t21-,25+,26+,27-/m0/s1. The molecule has 1 saturated heterocycles. The molecular weight excluding hydrogens is 639 g/mol. The van der Waals surface area contributed by atoms with Gasteiger partial charge in [0, 0.05) is 24.4 Å².